The Hall–Kier alpha value is -2.62. The van der Waals surface area contributed by atoms with Gasteiger partial charge in [-0.1, -0.05) is 18.2 Å². The Morgan fingerprint density at radius 1 is 1.41 bits per heavy atom. The summed E-state index contributed by atoms with van der Waals surface area (Å²) in [5.74, 6) is -0.321. The van der Waals surface area contributed by atoms with Crippen molar-refractivity contribution in [3.05, 3.63) is 50.2 Å². The fourth-order valence-electron chi connectivity index (χ4n) is 2.74. The van der Waals surface area contributed by atoms with Crippen molar-refractivity contribution in [2.45, 2.75) is 13.0 Å². The number of rotatable bonds is 4. The second kappa shape index (κ2) is 7.18. The van der Waals surface area contributed by atoms with E-state index < -0.39 is 6.04 Å². The maximum atomic E-state index is 12.5. The Labute approximate surface area is 168 Å². The lowest BCUT2D eigenvalue weighted by Crippen LogP contribution is -2.23. The van der Waals surface area contributed by atoms with Crippen LogP contribution in [0.5, 0.6) is 5.88 Å². The van der Waals surface area contributed by atoms with Crippen molar-refractivity contribution in [1.29, 1.82) is 0 Å². The monoisotopic (exact) mass is 414 g/mol. The highest BCUT2D eigenvalue weighted by molar-refractivity contribution is 7.73. The summed E-state index contributed by atoms with van der Waals surface area (Å²) < 4.78 is 1.87. The summed E-state index contributed by atoms with van der Waals surface area (Å²) in [4.78, 5) is 21.5. The average molecular weight is 415 g/mol. The van der Waals surface area contributed by atoms with Crippen LogP contribution in [-0.2, 0) is 4.79 Å². The molecule has 4 rings (SSSR count). The molecule has 0 saturated heterocycles. The molecular weight excluding hydrogens is 400 g/mol. The number of nitrogens with zero attached hydrogens (tertiary/aromatic N) is 3. The van der Waals surface area contributed by atoms with E-state index in [0.29, 0.717) is 14.0 Å². The van der Waals surface area contributed by atoms with Crippen molar-refractivity contribution in [3.8, 4) is 5.88 Å². The van der Waals surface area contributed by atoms with Gasteiger partial charge in [0, 0.05) is 28.9 Å². The highest BCUT2D eigenvalue weighted by Crippen LogP contribution is 2.37. The van der Waals surface area contributed by atoms with Crippen LogP contribution < -0.4 is 5.32 Å². The van der Waals surface area contributed by atoms with E-state index in [1.165, 1.54) is 27.2 Å². The summed E-state index contributed by atoms with van der Waals surface area (Å²) in [7, 11) is 0. The number of benzene rings is 1. The summed E-state index contributed by atoms with van der Waals surface area (Å²) in [6.07, 6.45) is 5.22. The van der Waals surface area contributed by atoms with Crippen LogP contribution in [0.3, 0.4) is 0 Å². The zero-order chi connectivity index (χ0) is 19.0. The van der Waals surface area contributed by atoms with Gasteiger partial charge < -0.3 is 10.4 Å². The molecule has 1 aliphatic heterocycles. The maximum Gasteiger partial charge on any atom is 0.249 e. The third-order valence-electron chi connectivity index (χ3n) is 4.12. The third-order valence-corrected chi connectivity index (χ3v) is 6.14. The van der Waals surface area contributed by atoms with E-state index in [0.717, 1.165) is 16.8 Å². The van der Waals surface area contributed by atoms with Crippen molar-refractivity contribution in [2.24, 2.45) is 4.99 Å². The van der Waals surface area contributed by atoms with Crippen molar-refractivity contribution in [1.82, 2.24) is 9.55 Å². The van der Waals surface area contributed by atoms with E-state index in [1.807, 2.05) is 30.3 Å². The molecule has 0 bridgehead atoms. The van der Waals surface area contributed by atoms with Gasteiger partial charge in [0.05, 0.1) is 10.6 Å². The average Bonchev–Trinajstić information content (AvgIpc) is 3.36. The SMILES string of the molecule is CC(C(=O)Nc1nccs1)n1c(O)c(/C=C2/C=Nc3ccccc32)sc1=S. The van der Waals surface area contributed by atoms with Gasteiger partial charge in [0.1, 0.15) is 6.04 Å². The van der Waals surface area contributed by atoms with Gasteiger partial charge in [0.15, 0.2) is 9.09 Å². The molecule has 3 heterocycles. The van der Waals surface area contributed by atoms with Crippen LogP contribution >= 0.6 is 34.9 Å². The minimum Gasteiger partial charge on any atom is -0.493 e. The Balaban J connectivity index is 1.65. The second-order valence-corrected chi connectivity index (χ2v) is 8.37. The van der Waals surface area contributed by atoms with E-state index in [4.69, 9.17) is 12.2 Å². The maximum absolute atomic E-state index is 12.5. The van der Waals surface area contributed by atoms with Crippen molar-refractivity contribution in [3.63, 3.8) is 0 Å². The smallest absolute Gasteiger partial charge is 0.249 e. The molecule has 0 aliphatic carbocycles. The number of allylic oxidation sites excluding steroid dienone is 1. The van der Waals surface area contributed by atoms with Crippen LogP contribution in [-0.4, -0.2) is 26.8 Å². The van der Waals surface area contributed by atoms with Gasteiger partial charge in [-0.2, -0.15) is 0 Å². The van der Waals surface area contributed by atoms with Gasteiger partial charge >= 0.3 is 0 Å². The first-order valence-corrected chi connectivity index (χ1v) is 10.1. The Morgan fingerprint density at radius 2 is 2.22 bits per heavy atom. The van der Waals surface area contributed by atoms with Crippen LogP contribution in [0.25, 0.3) is 11.6 Å². The standard InChI is InChI=1S/C18H14N4O2S3/c1-10(15(23)21-17-19-6-7-26-17)22-16(24)14(27-18(22)25)8-11-9-20-13-5-3-2-4-12(11)13/h2-10,24H,1H3,(H,19,21,23)/b11-8-. The third kappa shape index (κ3) is 3.36. The predicted molar refractivity (Wildman–Crippen MR) is 113 cm³/mol. The van der Waals surface area contributed by atoms with Crippen LogP contribution in [0.15, 0.2) is 40.8 Å². The summed E-state index contributed by atoms with van der Waals surface area (Å²) >= 11 is 7.97. The fraction of sp³-hybridized carbons (Fsp3) is 0.111. The van der Waals surface area contributed by atoms with Crippen LogP contribution in [0.2, 0.25) is 0 Å². The minimum atomic E-state index is -0.672. The Morgan fingerprint density at radius 3 is 3.00 bits per heavy atom. The predicted octanol–water partition coefficient (Wildman–Crippen LogP) is 4.90. The molecule has 2 aromatic heterocycles. The zero-order valence-electron chi connectivity index (χ0n) is 14.1. The normalized spacial score (nSPS) is 15.1. The molecule has 0 spiro atoms. The molecule has 1 aromatic carbocycles. The minimum absolute atomic E-state index is 0.0305. The number of para-hydroxylation sites is 1. The largest absolute Gasteiger partial charge is 0.493 e. The number of fused-ring (bicyclic) bond motifs is 1. The van der Waals surface area contributed by atoms with Gasteiger partial charge in [0.25, 0.3) is 0 Å². The lowest BCUT2D eigenvalue weighted by Gasteiger charge is -2.13. The van der Waals surface area contributed by atoms with Crippen LogP contribution in [0, 0.1) is 3.95 Å². The number of thiazole rings is 2. The summed E-state index contributed by atoms with van der Waals surface area (Å²) in [6.45, 7) is 1.69. The highest BCUT2D eigenvalue weighted by atomic mass is 32.1. The number of amides is 1. The molecule has 6 nitrogen and oxygen atoms in total. The first-order valence-electron chi connectivity index (χ1n) is 8.04. The fourth-order valence-corrected chi connectivity index (χ4v) is 4.69. The van der Waals surface area contributed by atoms with Crippen LogP contribution in [0.4, 0.5) is 10.8 Å². The summed E-state index contributed by atoms with van der Waals surface area (Å²) in [5, 5.41) is 15.7. The van der Waals surface area contributed by atoms with Gasteiger partial charge in [-0.3, -0.25) is 14.4 Å². The Bertz CT molecular complexity index is 1130. The molecule has 0 saturated carbocycles. The number of hydrogen-bond acceptors (Lipinski definition) is 7. The molecular formula is C18H14N4O2S3. The van der Waals surface area contributed by atoms with Gasteiger partial charge in [-0.15, -0.1) is 22.7 Å². The van der Waals surface area contributed by atoms with E-state index in [-0.39, 0.29) is 11.8 Å². The molecule has 1 amide bonds. The molecule has 0 fully saturated rings. The number of aliphatic imine (C=N–C) groups is 1. The lowest BCUT2D eigenvalue weighted by molar-refractivity contribution is -0.118. The highest BCUT2D eigenvalue weighted by Gasteiger charge is 2.23. The molecule has 2 N–H and O–H groups in total. The number of aromatic hydroxyl groups is 1. The van der Waals surface area contributed by atoms with E-state index in [2.05, 4.69) is 15.3 Å². The van der Waals surface area contributed by atoms with Gasteiger partial charge in [-0.05, 0) is 31.3 Å². The molecule has 1 atom stereocenters. The zero-order valence-corrected chi connectivity index (χ0v) is 16.6. The second-order valence-electron chi connectivity index (χ2n) is 5.80. The number of aromatic nitrogens is 2. The van der Waals surface area contributed by atoms with Crippen LogP contribution in [0.1, 0.15) is 23.4 Å². The molecule has 1 unspecified atom stereocenters. The van der Waals surface area contributed by atoms with Crippen molar-refractivity contribution >= 4 is 69.5 Å². The van der Waals surface area contributed by atoms with E-state index in [1.54, 1.807) is 24.7 Å². The van der Waals surface area contributed by atoms with Crippen molar-refractivity contribution in [2.75, 3.05) is 5.32 Å². The Kier molecular flexibility index (Phi) is 4.73. The first-order chi connectivity index (χ1) is 13.0. The molecule has 0 radical (unpaired) electrons. The van der Waals surface area contributed by atoms with Gasteiger partial charge in [0.2, 0.25) is 11.8 Å². The van der Waals surface area contributed by atoms with E-state index in [9.17, 15) is 9.90 Å². The number of anilines is 1. The summed E-state index contributed by atoms with van der Waals surface area (Å²) in [5.41, 5.74) is 2.78. The molecule has 1 aliphatic rings. The topological polar surface area (TPSA) is 79.5 Å². The molecule has 3 aromatic rings. The van der Waals surface area contributed by atoms with Gasteiger partial charge in [-0.25, -0.2) is 4.98 Å². The molecule has 136 valence electrons. The van der Waals surface area contributed by atoms with Crippen molar-refractivity contribution < 1.29 is 9.90 Å². The van der Waals surface area contributed by atoms with E-state index >= 15 is 0 Å². The number of hydrogen-bond donors (Lipinski definition) is 2. The first kappa shape index (κ1) is 17.8. The summed E-state index contributed by atoms with van der Waals surface area (Å²) in [6, 6.07) is 7.12. The number of carbonyl (C=O) groups is 1. The molecule has 9 heteroatoms. The number of carbonyl (C=O) groups excluding carboxylic acids is 1. The number of nitrogens with one attached hydrogen (secondary N) is 1. The molecule has 27 heavy (non-hydrogen) atoms. The quantitative estimate of drug-likeness (QED) is 0.595. The lowest BCUT2D eigenvalue weighted by atomic mass is 10.1.